The smallest absolute Gasteiger partial charge is 0.406 e. The van der Waals surface area contributed by atoms with E-state index < -0.39 is 6.36 Å². The number of aryl methyl sites for hydroxylation is 1. The molecule has 4 rings (SSSR count). The van der Waals surface area contributed by atoms with Crippen LogP contribution in [-0.2, 0) is 12.8 Å². The van der Waals surface area contributed by atoms with Crippen molar-refractivity contribution in [1.82, 2.24) is 4.98 Å². The number of hydrogen-bond acceptors (Lipinski definition) is 3. The van der Waals surface area contributed by atoms with E-state index in [2.05, 4.69) is 21.1 Å². The van der Waals surface area contributed by atoms with Gasteiger partial charge in [0.2, 0.25) is 0 Å². The molecule has 0 atom stereocenters. The van der Waals surface area contributed by atoms with Crippen molar-refractivity contribution >= 4 is 34.0 Å². The summed E-state index contributed by atoms with van der Waals surface area (Å²) in [6.45, 7) is 0. The molecule has 1 aliphatic rings. The van der Waals surface area contributed by atoms with Crippen LogP contribution in [0.3, 0.4) is 0 Å². The summed E-state index contributed by atoms with van der Waals surface area (Å²) in [6, 6.07) is 11.3. The highest BCUT2D eigenvalue weighted by Gasteiger charge is 2.30. The minimum Gasteiger partial charge on any atom is -0.406 e. The van der Waals surface area contributed by atoms with Crippen molar-refractivity contribution in [2.24, 2.45) is 0 Å². The summed E-state index contributed by atoms with van der Waals surface area (Å²) in [6.07, 6.45) is -2.70. The fraction of sp³-hybridized carbons (Fsp3) is 0.167. The Hall–Kier alpha value is -2.47. The van der Waals surface area contributed by atoms with Crippen LogP contribution in [0.15, 0.2) is 42.5 Å². The average Bonchev–Trinajstić information content (AvgIpc) is 2.52. The summed E-state index contributed by atoms with van der Waals surface area (Å²) in [5.41, 5.74) is 3.73. The predicted molar refractivity (Wildman–Crippen MR) is 90.6 cm³/mol. The molecular formula is C18H12ClF3N2O. The molecule has 1 aromatic heterocycles. The topological polar surface area (TPSA) is 34.1 Å². The van der Waals surface area contributed by atoms with Gasteiger partial charge >= 0.3 is 6.36 Å². The number of anilines is 2. The molecule has 128 valence electrons. The highest BCUT2D eigenvalue weighted by Crippen LogP contribution is 2.36. The van der Waals surface area contributed by atoms with E-state index in [1.165, 1.54) is 29.8 Å². The summed E-state index contributed by atoms with van der Waals surface area (Å²) in [4.78, 5) is 4.53. The third-order valence-corrected chi connectivity index (χ3v) is 4.53. The molecule has 0 fully saturated rings. The second-order valence-corrected chi connectivity index (χ2v) is 6.17. The summed E-state index contributed by atoms with van der Waals surface area (Å²) in [5.74, 6) is 0.296. The van der Waals surface area contributed by atoms with Crippen molar-refractivity contribution in [2.75, 3.05) is 5.32 Å². The Bertz CT molecular complexity index is 955. The van der Waals surface area contributed by atoms with Gasteiger partial charge in [-0.15, -0.1) is 13.2 Å². The number of benzene rings is 2. The first-order chi connectivity index (χ1) is 11.9. The van der Waals surface area contributed by atoms with E-state index in [-0.39, 0.29) is 5.75 Å². The predicted octanol–water partition coefficient (Wildman–Crippen LogP) is 5.63. The van der Waals surface area contributed by atoms with Gasteiger partial charge in [0, 0.05) is 11.1 Å². The van der Waals surface area contributed by atoms with Gasteiger partial charge in [-0.3, -0.25) is 0 Å². The van der Waals surface area contributed by atoms with Gasteiger partial charge < -0.3 is 10.1 Å². The maximum absolute atomic E-state index is 12.2. The number of hydrogen-bond donors (Lipinski definition) is 1. The van der Waals surface area contributed by atoms with Crippen molar-refractivity contribution in [1.29, 1.82) is 0 Å². The minimum atomic E-state index is -4.70. The second-order valence-electron chi connectivity index (χ2n) is 5.79. The zero-order valence-corrected chi connectivity index (χ0v) is 13.6. The van der Waals surface area contributed by atoms with Crippen molar-refractivity contribution in [3.63, 3.8) is 0 Å². The lowest BCUT2D eigenvalue weighted by Gasteiger charge is -2.21. The van der Waals surface area contributed by atoms with E-state index in [1.807, 2.05) is 12.1 Å². The van der Waals surface area contributed by atoms with Gasteiger partial charge in [-0.2, -0.15) is 0 Å². The molecular weight excluding hydrogens is 353 g/mol. The van der Waals surface area contributed by atoms with E-state index in [9.17, 15) is 13.2 Å². The van der Waals surface area contributed by atoms with Crippen molar-refractivity contribution < 1.29 is 17.9 Å². The molecule has 0 saturated heterocycles. The van der Waals surface area contributed by atoms with E-state index >= 15 is 0 Å². The number of rotatable bonds is 3. The molecule has 2 aromatic carbocycles. The zero-order valence-electron chi connectivity index (χ0n) is 12.8. The van der Waals surface area contributed by atoms with Gasteiger partial charge in [0.25, 0.3) is 0 Å². The van der Waals surface area contributed by atoms with Crippen LogP contribution in [0.4, 0.5) is 24.7 Å². The van der Waals surface area contributed by atoms with Gasteiger partial charge in [-0.05, 0) is 66.4 Å². The Kier molecular flexibility index (Phi) is 3.72. The fourth-order valence-electron chi connectivity index (χ4n) is 2.85. The standard InChI is InChI=1S/C18H12ClF3N2O/c19-16-14-7-1-10(14)9-11-2-8-15(24-17(11)16)23-12-3-5-13(6-4-12)25-18(20,21)22/h2-6,8-9H,1,7H2,(H,23,24). The summed E-state index contributed by atoms with van der Waals surface area (Å²) >= 11 is 6.43. The number of nitrogens with zero attached hydrogens (tertiary/aromatic N) is 1. The average molecular weight is 365 g/mol. The van der Waals surface area contributed by atoms with Gasteiger partial charge in [-0.1, -0.05) is 11.6 Å². The third kappa shape index (κ3) is 3.22. The number of aromatic nitrogens is 1. The van der Waals surface area contributed by atoms with E-state index in [1.54, 1.807) is 0 Å². The van der Waals surface area contributed by atoms with Crippen LogP contribution in [0.25, 0.3) is 10.9 Å². The Balaban J connectivity index is 1.58. The van der Waals surface area contributed by atoms with Gasteiger partial charge in [0.15, 0.2) is 0 Å². The highest BCUT2D eigenvalue weighted by atomic mass is 35.5. The maximum Gasteiger partial charge on any atom is 0.573 e. The lowest BCUT2D eigenvalue weighted by molar-refractivity contribution is -0.274. The first kappa shape index (κ1) is 16.0. The van der Waals surface area contributed by atoms with Gasteiger partial charge in [-0.25, -0.2) is 4.98 Å². The minimum absolute atomic E-state index is 0.271. The summed E-state index contributed by atoms with van der Waals surface area (Å²) in [7, 11) is 0. The van der Waals surface area contributed by atoms with Crippen LogP contribution in [-0.4, -0.2) is 11.3 Å². The fourth-order valence-corrected chi connectivity index (χ4v) is 3.22. The molecule has 0 amide bonds. The van der Waals surface area contributed by atoms with Crippen LogP contribution in [0, 0.1) is 0 Å². The van der Waals surface area contributed by atoms with Gasteiger partial charge in [0.05, 0.1) is 10.5 Å². The molecule has 0 bridgehead atoms. The second kappa shape index (κ2) is 5.81. The van der Waals surface area contributed by atoms with Gasteiger partial charge in [0.1, 0.15) is 11.6 Å². The van der Waals surface area contributed by atoms with Crippen LogP contribution < -0.4 is 10.1 Å². The molecule has 0 unspecified atom stereocenters. The molecule has 1 aliphatic carbocycles. The molecule has 3 nitrogen and oxygen atoms in total. The van der Waals surface area contributed by atoms with Crippen molar-refractivity contribution in [3.8, 4) is 5.75 Å². The van der Waals surface area contributed by atoms with Crippen molar-refractivity contribution in [2.45, 2.75) is 19.2 Å². The normalized spacial score (nSPS) is 13.3. The first-order valence-corrected chi connectivity index (χ1v) is 8.01. The Morgan fingerprint density at radius 1 is 1.04 bits per heavy atom. The monoisotopic (exact) mass is 364 g/mol. The van der Waals surface area contributed by atoms with Crippen LogP contribution in [0.2, 0.25) is 5.02 Å². The SMILES string of the molecule is FC(F)(F)Oc1ccc(Nc2ccc3cc4c(c(Cl)c3n2)CC4)cc1. The van der Waals surface area contributed by atoms with E-state index in [0.29, 0.717) is 16.5 Å². The Morgan fingerprint density at radius 3 is 2.44 bits per heavy atom. The molecule has 1 N–H and O–H groups in total. The number of ether oxygens (including phenoxy) is 1. The lowest BCUT2D eigenvalue weighted by Crippen LogP contribution is -2.16. The molecule has 0 saturated carbocycles. The highest BCUT2D eigenvalue weighted by molar-refractivity contribution is 6.36. The van der Waals surface area contributed by atoms with Crippen LogP contribution in [0.5, 0.6) is 5.75 Å². The maximum atomic E-state index is 12.2. The van der Waals surface area contributed by atoms with Crippen molar-refractivity contribution in [3.05, 3.63) is 58.6 Å². The molecule has 0 spiro atoms. The largest absolute Gasteiger partial charge is 0.573 e. The molecule has 7 heteroatoms. The Labute approximate surface area is 146 Å². The molecule has 1 heterocycles. The summed E-state index contributed by atoms with van der Waals surface area (Å²) in [5, 5.41) is 4.71. The number of halogens is 4. The van der Waals surface area contributed by atoms with Crippen LogP contribution in [0.1, 0.15) is 11.1 Å². The number of alkyl halides is 3. The molecule has 0 radical (unpaired) electrons. The van der Waals surface area contributed by atoms with E-state index in [0.717, 1.165) is 29.3 Å². The van der Waals surface area contributed by atoms with E-state index in [4.69, 9.17) is 11.6 Å². The Morgan fingerprint density at radius 2 is 1.80 bits per heavy atom. The van der Waals surface area contributed by atoms with Crippen LogP contribution >= 0.6 is 11.6 Å². The lowest BCUT2D eigenvalue weighted by atomic mass is 9.87. The molecule has 3 aromatic rings. The zero-order chi connectivity index (χ0) is 17.6. The number of nitrogens with one attached hydrogen (secondary N) is 1. The summed E-state index contributed by atoms with van der Waals surface area (Å²) < 4.78 is 40.4. The number of pyridine rings is 1. The first-order valence-electron chi connectivity index (χ1n) is 7.63. The molecule has 25 heavy (non-hydrogen) atoms. The quantitative estimate of drug-likeness (QED) is 0.654. The third-order valence-electron chi connectivity index (χ3n) is 4.12. The number of fused-ring (bicyclic) bond motifs is 2. The molecule has 0 aliphatic heterocycles.